The fraction of sp³-hybridized carbons (Fsp3) is 0.125. The van der Waals surface area contributed by atoms with E-state index in [9.17, 15) is 4.79 Å². The van der Waals surface area contributed by atoms with E-state index < -0.39 is 5.97 Å². The summed E-state index contributed by atoms with van der Waals surface area (Å²) in [5.74, 6) is -0.397. The number of hydrogen-bond donors (Lipinski definition) is 1. The molecule has 3 aromatic rings. The van der Waals surface area contributed by atoms with Crippen LogP contribution in [-0.4, -0.2) is 23.3 Å². The van der Waals surface area contributed by atoms with E-state index >= 15 is 0 Å². The molecule has 0 amide bonds. The minimum atomic E-state index is -0.397. The number of H-pyrrole nitrogens is 1. The Labute approximate surface area is 126 Å². The molecule has 0 saturated carbocycles. The Morgan fingerprint density at radius 3 is 2.81 bits per heavy atom. The van der Waals surface area contributed by atoms with Gasteiger partial charge in [-0.25, -0.2) is 4.79 Å². The minimum absolute atomic E-state index is 0.397. The number of fused-ring (bicyclic) bond motifs is 1. The summed E-state index contributed by atoms with van der Waals surface area (Å²) in [4.78, 5) is 12.0. The number of benzene rings is 2. The van der Waals surface area contributed by atoms with Gasteiger partial charge in [0.2, 0.25) is 0 Å². The molecular weight excluding hydrogens is 288 g/mol. The van der Waals surface area contributed by atoms with E-state index in [2.05, 4.69) is 10.2 Å². The Balaban J connectivity index is 2.25. The second-order valence-corrected chi connectivity index (χ2v) is 5.24. The van der Waals surface area contributed by atoms with Crippen LogP contribution in [0.25, 0.3) is 22.0 Å². The lowest BCUT2D eigenvalue weighted by atomic mass is 9.99. The van der Waals surface area contributed by atoms with E-state index in [1.54, 1.807) is 12.3 Å². The molecule has 0 fully saturated rings. The molecule has 106 valence electrons. The molecule has 5 heteroatoms. The Morgan fingerprint density at radius 1 is 1.29 bits per heavy atom. The molecule has 0 radical (unpaired) electrons. The molecule has 2 aromatic carbocycles. The number of nitrogens with zero attached hydrogens (tertiary/aromatic N) is 1. The summed E-state index contributed by atoms with van der Waals surface area (Å²) >= 11 is 6.31. The zero-order chi connectivity index (χ0) is 15.0. The van der Waals surface area contributed by atoms with E-state index in [4.69, 9.17) is 16.3 Å². The summed E-state index contributed by atoms with van der Waals surface area (Å²) in [6, 6.07) is 9.52. The lowest BCUT2D eigenvalue weighted by molar-refractivity contribution is 0.0603. The van der Waals surface area contributed by atoms with Crippen molar-refractivity contribution in [3.8, 4) is 11.1 Å². The standard InChI is InChI=1S/C16H13ClN2O2/c1-9-3-4-11(14(17)5-9)10-6-12(16(20)21-2)13-8-18-19-15(13)7-10/h3-8H,1-2H3,(H,18,19). The van der Waals surface area contributed by atoms with Crippen molar-refractivity contribution in [3.63, 3.8) is 0 Å². The molecule has 1 heterocycles. The van der Waals surface area contributed by atoms with Crippen molar-refractivity contribution < 1.29 is 9.53 Å². The fourth-order valence-electron chi connectivity index (χ4n) is 2.34. The predicted octanol–water partition coefficient (Wildman–Crippen LogP) is 3.98. The highest BCUT2D eigenvalue weighted by Gasteiger charge is 2.15. The number of aromatic nitrogens is 2. The quantitative estimate of drug-likeness (QED) is 0.728. The number of esters is 1. The molecule has 0 aliphatic carbocycles. The van der Waals surface area contributed by atoms with Gasteiger partial charge in [-0.1, -0.05) is 23.7 Å². The molecule has 1 N–H and O–H groups in total. The number of methoxy groups -OCH3 is 1. The van der Waals surface area contributed by atoms with Crippen molar-refractivity contribution in [2.45, 2.75) is 6.92 Å². The van der Waals surface area contributed by atoms with Gasteiger partial charge < -0.3 is 4.74 Å². The number of carbonyl (C=O) groups is 1. The first kappa shape index (κ1) is 13.6. The van der Waals surface area contributed by atoms with Crippen LogP contribution in [0, 0.1) is 6.92 Å². The number of aromatic amines is 1. The number of halogens is 1. The smallest absolute Gasteiger partial charge is 0.338 e. The van der Waals surface area contributed by atoms with Crippen molar-refractivity contribution in [2.75, 3.05) is 7.11 Å². The van der Waals surface area contributed by atoms with Crippen molar-refractivity contribution in [1.82, 2.24) is 10.2 Å². The third-order valence-corrected chi connectivity index (χ3v) is 3.71. The summed E-state index contributed by atoms with van der Waals surface area (Å²) in [7, 11) is 1.36. The Hall–Kier alpha value is -2.33. The van der Waals surface area contributed by atoms with E-state index in [1.807, 2.05) is 31.2 Å². The molecular formula is C16H13ClN2O2. The minimum Gasteiger partial charge on any atom is -0.465 e. The van der Waals surface area contributed by atoms with Gasteiger partial charge in [-0.15, -0.1) is 0 Å². The fourth-order valence-corrected chi connectivity index (χ4v) is 2.68. The first-order valence-electron chi connectivity index (χ1n) is 6.42. The molecule has 0 bridgehead atoms. The van der Waals surface area contributed by atoms with Crippen molar-refractivity contribution in [1.29, 1.82) is 0 Å². The van der Waals surface area contributed by atoms with Crippen LogP contribution in [0.5, 0.6) is 0 Å². The Morgan fingerprint density at radius 2 is 2.10 bits per heavy atom. The van der Waals surface area contributed by atoms with Gasteiger partial charge >= 0.3 is 5.97 Å². The molecule has 3 rings (SSSR count). The average Bonchev–Trinajstić information content (AvgIpc) is 2.93. The van der Waals surface area contributed by atoms with Crippen LogP contribution in [0.2, 0.25) is 5.02 Å². The average molecular weight is 301 g/mol. The van der Waals surface area contributed by atoms with Gasteiger partial charge in [0.05, 0.1) is 24.4 Å². The van der Waals surface area contributed by atoms with Gasteiger partial charge in [-0.05, 0) is 36.2 Å². The maximum absolute atomic E-state index is 12.0. The predicted molar refractivity (Wildman–Crippen MR) is 82.6 cm³/mol. The van der Waals surface area contributed by atoms with Crippen LogP contribution in [0.1, 0.15) is 15.9 Å². The highest BCUT2D eigenvalue weighted by Crippen LogP contribution is 2.32. The maximum Gasteiger partial charge on any atom is 0.338 e. The summed E-state index contributed by atoms with van der Waals surface area (Å²) in [5.41, 5.74) is 4.03. The van der Waals surface area contributed by atoms with E-state index in [1.165, 1.54) is 7.11 Å². The number of hydrogen-bond acceptors (Lipinski definition) is 3. The lowest BCUT2D eigenvalue weighted by Gasteiger charge is -2.08. The largest absolute Gasteiger partial charge is 0.465 e. The third-order valence-electron chi connectivity index (χ3n) is 3.40. The molecule has 0 saturated heterocycles. The van der Waals surface area contributed by atoms with Gasteiger partial charge in [0.25, 0.3) is 0 Å². The highest BCUT2D eigenvalue weighted by atomic mass is 35.5. The molecule has 1 aromatic heterocycles. The van der Waals surface area contributed by atoms with Gasteiger partial charge in [-0.3, -0.25) is 5.10 Å². The van der Waals surface area contributed by atoms with E-state index in [0.29, 0.717) is 10.6 Å². The molecule has 0 atom stereocenters. The molecule has 0 aliphatic heterocycles. The van der Waals surface area contributed by atoms with Crippen molar-refractivity contribution in [2.24, 2.45) is 0 Å². The zero-order valence-electron chi connectivity index (χ0n) is 11.6. The number of aryl methyl sites for hydroxylation is 1. The van der Waals surface area contributed by atoms with Gasteiger partial charge in [-0.2, -0.15) is 5.10 Å². The molecule has 0 aliphatic rings. The summed E-state index contributed by atoms with van der Waals surface area (Å²) in [5, 5.41) is 8.24. The van der Waals surface area contributed by atoms with Crippen LogP contribution in [0.3, 0.4) is 0 Å². The molecule has 21 heavy (non-hydrogen) atoms. The van der Waals surface area contributed by atoms with Crippen LogP contribution < -0.4 is 0 Å². The SMILES string of the molecule is COC(=O)c1cc(-c2ccc(C)cc2Cl)cc2[nH]ncc12. The first-order valence-corrected chi connectivity index (χ1v) is 6.80. The number of nitrogens with one attached hydrogen (secondary N) is 1. The van der Waals surface area contributed by atoms with Crippen LogP contribution >= 0.6 is 11.6 Å². The second-order valence-electron chi connectivity index (χ2n) is 4.83. The zero-order valence-corrected chi connectivity index (χ0v) is 12.4. The lowest BCUT2D eigenvalue weighted by Crippen LogP contribution is -2.02. The molecule has 0 unspecified atom stereocenters. The van der Waals surface area contributed by atoms with Gasteiger partial charge in [0.15, 0.2) is 0 Å². The van der Waals surface area contributed by atoms with Crippen LogP contribution in [-0.2, 0) is 4.74 Å². The number of rotatable bonds is 2. The normalized spacial score (nSPS) is 10.8. The van der Waals surface area contributed by atoms with E-state index in [0.717, 1.165) is 27.6 Å². The van der Waals surface area contributed by atoms with E-state index in [-0.39, 0.29) is 0 Å². The van der Waals surface area contributed by atoms with Crippen LogP contribution in [0.15, 0.2) is 36.5 Å². The molecule has 4 nitrogen and oxygen atoms in total. The van der Waals surface area contributed by atoms with Crippen molar-refractivity contribution >= 4 is 28.5 Å². The monoisotopic (exact) mass is 300 g/mol. The first-order chi connectivity index (χ1) is 10.1. The summed E-state index contributed by atoms with van der Waals surface area (Å²) in [6.07, 6.45) is 1.61. The Bertz CT molecular complexity index is 839. The third kappa shape index (κ3) is 2.38. The van der Waals surface area contributed by atoms with Crippen LogP contribution in [0.4, 0.5) is 0 Å². The second kappa shape index (κ2) is 5.22. The topological polar surface area (TPSA) is 55.0 Å². The number of ether oxygens (including phenoxy) is 1. The Kier molecular flexibility index (Phi) is 3.39. The summed E-state index contributed by atoms with van der Waals surface area (Å²) < 4.78 is 4.84. The highest BCUT2D eigenvalue weighted by molar-refractivity contribution is 6.33. The van der Waals surface area contributed by atoms with Crippen molar-refractivity contribution in [3.05, 3.63) is 52.7 Å². The number of carbonyl (C=O) groups excluding carboxylic acids is 1. The van der Waals surface area contributed by atoms with Gasteiger partial charge in [0.1, 0.15) is 0 Å². The summed E-state index contributed by atoms with van der Waals surface area (Å²) in [6.45, 7) is 1.98. The molecule has 0 spiro atoms. The maximum atomic E-state index is 12.0. The van der Waals surface area contributed by atoms with Gasteiger partial charge in [0, 0.05) is 16.0 Å².